The van der Waals surface area contributed by atoms with Gasteiger partial charge in [-0.25, -0.2) is 4.79 Å². The largest absolute Gasteiger partial charge is 0.481 e. The van der Waals surface area contributed by atoms with Gasteiger partial charge in [-0.2, -0.15) is 0 Å². The van der Waals surface area contributed by atoms with Gasteiger partial charge in [-0.05, 0) is 26.7 Å². The molecule has 0 spiro atoms. The summed E-state index contributed by atoms with van der Waals surface area (Å²) in [5, 5.41) is 28.7. The van der Waals surface area contributed by atoms with E-state index in [-0.39, 0.29) is 12.0 Å². The second-order valence-corrected chi connectivity index (χ2v) is 5.51. The van der Waals surface area contributed by atoms with Gasteiger partial charge in [0.15, 0.2) is 0 Å². The van der Waals surface area contributed by atoms with Crippen LogP contribution in [0.15, 0.2) is 24.3 Å². The lowest BCUT2D eigenvalue weighted by molar-refractivity contribution is -0.158. The molecule has 0 aliphatic heterocycles. The minimum Gasteiger partial charge on any atom is -0.481 e. The van der Waals surface area contributed by atoms with Crippen LogP contribution >= 0.6 is 0 Å². The van der Waals surface area contributed by atoms with Crippen molar-refractivity contribution in [3.05, 3.63) is 24.3 Å². The quantitative estimate of drug-likeness (QED) is 0.532. The summed E-state index contributed by atoms with van der Waals surface area (Å²) < 4.78 is 0. The van der Waals surface area contributed by atoms with Crippen molar-refractivity contribution in [2.75, 3.05) is 0 Å². The number of rotatable bonds is 4. The number of aliphatic hydroxyl groups excluding tert-OH is 1. The Bertz CT molecular complexity index is 439. The van der Waals surface area contributed by atoms with Gasteiger partial charge < -0.3 is 15.3 Å². The first kappa shape index (κ1) is 15.4. The fraction of sp³-hybridized carbons (Fsp3) is 0.571. The van der Waals surface area contributed by atoms with Gasteiger partial charge in [-0.3, -0.25) is 4.79 Å². The highest BCUT2D eigenvalue weighted by Gasteiger charge is 2.51. The molecular formula is C14H20O5. The van der Waals surface area contributed by atoms with Gasteiger partial charge in [0, 0.05) is 17.4 Å². The van der Waals surface area contributed by atoms with Crippen molar-refractivity contribution in [1.82, 2.24) is 0 Å². The summed E-state index contributed by atoms with van der Waals surface area (Å²) in [7, 11) is 0. The lowest BCUT2D eigenvalue weighted by atomic mass is 9.59. The Kier molecular flexibility index (Phi) is 4.20. The second-order valence-electron chi connectivity index (χ2n) is 5.51. The van der Waals surface area contributed by atoms with Crippen molar-refractivity contribution in [1.29, 1.82) is 0 Å². The Balaban J connectivity index is 3.15. The highest BCUT2D eigenvalue weighted by atomic mass is 16.4. The molecule has 4 atom stereocenters. The van der Waals surface area contributed by atoms with E-state index in [0.717, 1.165) is 0 Å². The van der Waals surface area contributed by atoms with Gasteiger partial charge in [0.25, 0.3) is 0 Å². The number of carbonyl (C=O) groups is 2. The Morgan fingerprint density at radius 1 is 1.26 bits per heavy atom. The molecule has 0 radical (unpaired) electrons. The number of carboxylic acids is 2. The van der Waals surface area contributed by atoms with Gasteiger partial charge >= 0.3 is 11.9 Å². The van der Waals surface area contributed by atoms with Crippen LogP contribution in [-0.2, 0) is 9.59 Å². The summed E-state index contributed by atoms with van der Waals surface area (Å²) in [5.41, 5.74) is -0.660. The first-order valence-electron chi connectivity index (χ1n) is 6.12. The monoisotopic (exact) mass is 268 g/mol. The fourth-order valence-electron chi connectivity index (χ4n) is 3.01. The van der Waals surface area contributed by atoms with Gasteiger partial charge in [0.2, 0.25) is 0 Å². The maximum Gasteiger partial charge on any atom is 0.331 e. The topological polar surface area (TPSA) is 94.8 Å². The Morgan fingerprint density at radius 3 is 2.16 bits per heavy atom. The number of carboxylic acid groups (broad SMARTS) is 2. The SMILES string of the molecule is C=C(C(=O)O)C1CCC(C)(C(=O)O)C(C(=C)C)C1O. The van der Waals surface area contributed by atoms with Crippen molar-refractivity contribution >= 4 is 11.9 Å². The number of hydrogen-bond acceptors (Lipinski definition) is 3. The van der Waals surface area contributed by atoms with E-state index in [9.17, 15) is 19.8 Å². The van der Waals surface area contributed by atoms with Crippen molar-refractivity contribution < 1.29 is 24.9 Å². The first-order valence-corrected chi connectivity index (χ1v) is 6.12. The molecule has 3 N–H and O–H groups in total. The third kappa shape index (κ3) is 2.56. The van der Waals surface area contributed by atoms with Crippen molar-refractivity contribution in [3.8, 4) is 0 Å². The molecule has 1 aliphatic carbocycles. The van der Waals surface area contributed by atoms with E-state index in [1.807, 2.05) is 0 Å². The summed E-state index contributed by atoms with van der Waals surface area (Å²) in [5.74, 6) is -3.48. The van der Waals surface area contributed by atoms with Crippen LogP contribution in [-0.4, -0.2) is 33.4 Å². The molecule has 0 aromatic heterocycles. The molecule has 0 aromatic carbocycles. The van der Waals surface area contributed by atoms with E-state index in [1.54, 1.807) is 13.8 Å². The maximum atomic E-state index is 11.5. The third-order valence-corrected chi connectivity index (χ3v) is 4.16. The minimum absolute atomic E-state index is 0.0776. The standard InChI is InChI=1S/C14H20O5/c1-7(2)10-11(15)9(8(3)12(16)17)5-6-14(10,4)13(18)19/h9-11,15H,1,3,5-6H2,2,4H3,(H,16,17)(H,18,19). The summed E-state index contributed by atoms with van der Waals surface area (Å²) in [6.45, 7) is 10.4. The molecule has 0 heterocycles. The molecule has 19 heavy (non-hydrogen) atoms. The van der Waals surface area contributed by atoms with Crippen molar-refractivity contribution in [2.24, 2.45) is 17.3 Å². The number of aliphatic carboxylic acids is 2. The summed E-state index contributed by atoms with van der Waals surface area (Å²) in [6, 6.07) is 0. The zero-order valence-corrected chi connectivity index (χ0v) is 11.2. The minimum atomic E-state index is -1.16. The Hall–Kier alpha value is -1.62. The first-order chi connectivity index (χ1) is 8.62. The van der Waals surface area contributed by atoms with Crippen LogP contribution in [0.1, 0.15) is 26.7 Å². The summed E-state index contributed by atoms with van der Waals surface area (Å²) >= 11 is 0. The molecule has 1 aliphatic rings. The molecule has 5 nitrogen and oxygen atoms in total. The fourth-order valence-corrected chi connectivity index (χ4v) is 3.01. The molecule has 0 bridgehead atoms. The van der Waals surface area contributed by atoms with Gasteiger partial charge in [0.05, 0.1) is 11.5 Å². The van der Waals surface area contributed by atoms with Crippen molar-refractivity contribution in [3.63, 3.8) is 0 Å². The summed E-state index contributed by atoms with van der Waals surface area (Å²) in [6.07, 6.45) is -0.511. The molecule has 1 rings (SSSR count). The lowest BCUT2D eigenvalue weighted by Crippen LogP contribution is -2.50. The molecule has 0 amide bonds. The van der Waals surface area contributed by atoms with Crippen LogP contribution in [0.3, 0.4) is 0 Å². The van der Waals surface area contributed by atoms with E-state index >= 15 is 0 Å². The molecule has 4 unspecified atom stereocenters. The second kappa shape index (κ2) is 5.17. The molecule has 5 heteroatoms. The molecular weight excluding hydrogens is 248 g/mol. The molecule has 0 aromatic rings. The van der Waals surface area contributed by atoms with Crippen LogP contribution in [0, 0.1) is 17.3 Å². The number of aliphatic hydroxyl groups is 1. The zero-order valence-electron chi connectivity index (χ0n) is 11.2. The highest BCUT2D eigenvalue weighted by Crippen LogP contribution is 2.48. The third-order valence-electron chi connectivity index (χ3n) is 4.16. The predicted molar refractivity (Wildman–Crippen MR) is 69.6 cm³/mol. The van der Waals surface area contributed by atoms with Crippen LogP contribution in [0.25, 0.3) is 0 Å². The van der Waals surface area contributed by atoms with Crippen LogP contribution < -0.4 is 0 Å². The lowest BCUT2D eigenvalue weighted by Gasteiger charge is -2.45. The highest BCUT2D eigenvalue weighted by molar-refractivity contribution is 5.86. The Morgan fingerprint density at radius 2 is 1.79 bits per heavy atom. The van der Waals surface area contributed by atoms with Gasteiger partial charge in [-0.1, -0.05) is 18.7 Å². The zero-order chi connectivity index (χ0) is 15.0. The van der Waals surface area contributed by atoms with E-state index in [4.69, 9.17) is 5.11 Å². The average molecular weight is 268 g/mol. The molecule has 0 saturated heterocycles. The molecule has 1 saturated carbocycles. The van der Waals surface area contributed by atoms with Gasteiger partial charge in [0.1, 0.15) is 0 Å². The average Bonchev–Trinajstić information content (AvgIpc) is 2.27. The normalized spacial score (nSPS) is 34.6. The van der Waals surface area contributed by atoms with Crippen LogP contribution in [0.4, 0.5) is 0 Å². The van der Waals surface area contributed by atoms with E-state index in [2.05, 4.69) is 13.2 Å². The molecule has 1 fully saturated rings. The Labute approximate surface area is 112 Å². The smallest absolute Gasteiger partial charge is 0.331 e. The van der Waals surface area contributed by atoms with E-state index in [1.165, 1.54) is 0 Å². The van der Waals surface area contributed by atoms with Gasteiger partial charge in [-0.15, -0.1) is 0 Å². The number of hydrogen-bond donors (Lipinski definition) is 3. The van der Waals surface area contributed by atoms with Crippen molar-refractivity contribution in [2.45, 2.75) is 32.8 Å². The van der Waals surface area contributed by atoms with E-state index in [0.29, 0.717) is 12.0 Å². The van der Waals surface area contributed by atoms with Crippen LogP contribution in [0.5, 0.6) is 0 Å². The van der Waals surface area contributed by atoms with E-state index < -0.39 is 35.3 Å². The summed E-state index contributed by atoms with van der Waals surface area (Å²) in [4.78, 5) is 22.4. The van der Waals surface area contributed by atoms with Crippen LogP contribution in [0.2, 0.25) is 0 Å². The molecule has 106 valence electrons. The maximum absolute atomic E-state index is 11.5. The predicted octanol–water partition coefficient (Wildman–Crippen LogP) is 1.68.